The quantitative estimate of drug-likeness (QED) is 0.451. The van der Waals surface area contributed by atoms with E-state index in [9.17, 15) is 5.11 Å². The highest BCUT2D eigenvalue weighted by molar-refractivity contribution is 7.56. The molecule has 2 nitrogen and oxygen atoms in total. The zero-order valence-electron chi connectivity index (χ0n) is 6.62. The van der Waals surface area contributed by atoms with Crippen LogP contribution in [0.3, 0.4) is 0 Å². The molecule has 2 N–H and O–H groups in total. The zero-order valence-corrected chi connectivity index (χ0v) is 7.77. The molecule has 0 amide bonds. The highest BCUT2D eigenvalue weighted by Gasteiger charge is 2.19. The molecule has 0 aromatic carbocycles. The van der Waals surface area contributed by atoms with Gasteiger partial charge in [0.25, 0.3) is 0 Å². The average molecular weight is 162 g/mol. The molecule has 0 saturated carbocycles. The summed E-state index contributed by atoms with van der Waals surface area (Å²) in [5, 5.41) is 18.0. The lowest BCUT2D eigenvalue weighted by Crippen LogP contribution is -2.23. The number of rotatable bonds is 4. The van der Waals surface area contributed by atoms with Gasteiger partial charge in [0.2, 0.25) is 0 Å². The van der Waals surface area contributed by atoms with E-state index in [0.29, 0.717) is 0 Å². The predicted molar refractivity (Wildman–Crippen MR) is 48.5 cm³/mol. The molecule has 0 aliphatic carbocycles. The summed E-state index contributed by atoms with van der Waals surface area (Å²) >= 11 is 0. The predicted octanol–water partition coefficient (Wildman–Crippen LogP) is 0.0107. The molecule has 4 atom stereocenters. The summed E-state index contributed by atoms with van der Waals surface area (Å²) in [4.78, 5) is 0. The molecule has 0 saturated heterocycles. The van der Waals surface area contributed by atoms with Crippen molar-refractivity contribution in [2.24, 2.45) is 5.92 Å². The summed E-state index contributed by atoms with van der Waals surface area (Å²) < 4.78 is 0. The maximum Gasteiger partial charge on any atom is 0.151 e. The molecule has 4 heteroatoms. The lowest BCUT2D eigenvalue weighted by Gasteiger charge is -2.22. The van der Waals surface area contributed by atoms with Crippen molar-refractivity contribution in [1.82, 2.24) is 0 Å². The highest BCUT2D eigenvalue weighted by atomic mass is 31.0. The molecule has 0 radical (unpaired) electrons. The monoisotopic (exact) mass is 162 g/mol. The molecule has 0 spiro atoms. The smallest absolute Gasteiger partial charge is 0.151 e. The van der Waals surface area contributed by atoms with Crippen molar-refractivity contribution in [3.63, 3.8) is 0 Å². The molecular formula is C6H16BO2P. The average Bonchev–Trinajstić information content (AvgIpc) is 1.88. The molecule has 0 aliphatic rings. The van der Waals surface area contributed by atoms with Crippen LogP contribution in [0.2, 0.25) is 5.82 Å². The molecule has 0 bridgehead atoms. The Balaban J connectivity index is 3.80. The van der Waals surface area contributed by atoms with Gasteiger partial charge >= 0.3 is 0 Å². The number of hydrogen-bond donors (Lipinski definition) is 2. The zero-order chi connectivity index (χ0) is 8.15. The summed E-state index contributed by atoms with van der Waals surface area (Å²) in [5.41, 5.74) is 0. The Morgan fingerprint density at radius 2 is 2.00 bits per heavy atom. The van der Waals surface area contributed by atoms with Gasteiger partial charge in [-0.3, -0.25) is 0 Å². The van der Waals surface area contributed by atoms with Gasteiger partial charge < -0.3 is 10.2 Å². The second-order valence-corrected chi connectivity index (χ2v) is 3.27. The van der Waals surface area contributed by atoms with Crippen LogP contribution in [0.5, 0.6) is 0 Å². The Morgan fingerprint density at radius 3 is 2.10 bits per heavy atom. The van der Waals surface area contributed by atoms with Crippen LogP contribution in [0.4, 0.5) is 0 Å². The van der Waals surface area contributed by atoms with Gasteiger partial charge in [0.1, 0.15) is 0 Å². The van der Waals surface area contributed by atoms with Gasteiger partial charge in [-0.2, -0.15) is 9.12 Å². The number of aliphatic hydroxyl groups excluding tert-OH is 2. The van der Waals surface area contributed by atoms with Crippen molar-refractivity contribution < 1.29 is 10.2 Å². The first-order valence-corrected chi connectivity index (χ1v) is 4.44. The van der Waals surface area contributed by atoms with Crippen LogP contribution in [0, 0.1) is 5.92 Å². The minimum absolute atomic E-state index is 0.157. The third kappa shape index (κ3) is 3.00. The van der Waals surface area contributed by atoms with Crippen molar-refractivity contribution in [2.45, 2.75) is 25.8 Å². The Morgan fingerprint density at radius 1 is 1.50 bits per heavy atom. The number of hydrogen-bond acceptors (Lipinski definition) is 2. The fourth-order valence-corrected chi connectivity index (χ4v) is 1.90. The maximum atomic E-state index is 9.19. The van der Waals surface area contributed by atoms with Gasteiger partial charge in [0.05, 0.1) is 0 Å². The molecular weight excluding hydrogens is 146 g/mol. The molecule has 10 heavy (non-hydrogen) atoms. The topological polar surface area (TPSA) is 40.5 Å². The molecule has 0 aromatic rings. The maximum absolute atomic E-state index is 9.19. The lowest BCUT2D eigenvalue weighted by molar-refractivity contribution is 0.136. The molecule has 0 aliphatic heterocycles. The van der Waals surface area contributed by atoms with Crippen LogP contribution in [0.15, 0.2) is 0 Å². The Labute approximate surface area is 65.4 Å². The van der Waals surface area contributed by atoms with Gasteiger partial charge in [0, 0.05) is 12.7 Å². The van der Waals surface area contributed by atoms with E-state index in [0.717, 1.165) is 7.00 Å². The third-order valence-corrected chi connectivity index (χ3v) is 2.46. The lowest BCUT2D eigenvalue weighted by atomic mass is 9.73. The second kappa shape index (κ2) is 5.12. The van der Waals surface area contributed by atoms with Gasteiger partial charge in [-0.25, -0.2) is 0 Å². The van der Waals surface area contributed by atoms with Gasteiger partial charge in [-0.05, 0) is 18.7 Å². The van der Waals surface area contributed by atoms with E-state index in [1.165, 1.54) is 0 Å². The van der Waals surface area contributed by atoms with Crippen molar-refractivity contribution >= 4 is 16.1 Å². The molecule has 60 valence electrons. The van der Waals surface area contributed by atoms with Gasteiger partial charge in [0.15, 0.2) is 7.00 Å². The minimum Gasteiger partial charge on any atom is -0.396 e. The first kappa shape index (κ1) is 10.4. The van der Waals surface area contributed by atoms with E-state index in [-0.39, 0.29) is 24.4 Å². The second-order valence-electron chi connectivity index (χ2n) is 2.80. The van der Waals surface area contributed by atoms with E-state index < -0.39 is 0 Å². The third-order valence-electron chi connectivity index (χ3n) is 1.91. The fraction of sp³-hybridized carbons (Fsp3) is 1.00. The van der Waals surface area contributed by atoms with E-state index in [4.69, 9.17) is 5.11 Å². The molecule has 0 rings (SSSR count). The highest BCUT2D eigenvalue weighted by Crippen LogP contribution is 2.22. The number of aliphatic hydroxyl groups is 2. The van der Waals surface area contributed by atoms with Crippen molar-refractivity contribution in [3.05, 3.63) is 0 Å². The van der Waals surface area contributed by atoms with E-state index in [2.05, 4.69) is 9.12 Å². The van der Waals surface area contributed by atoms with Crippen molar-refractivity contribution in [2.75, 3.05) is 6.61 Å². The summed E-state index contributed by atoms with van der Waals surface area (Å²) in [5.74, 6) is 0.396. The van der Waals surface area contributed by atoms with Crippen LogP contribution in [-0.2, 0) is 0 Å². The standard InChI is InChI=1S/C6H16BO2P/c1-4(3-8)6(7-10)5(2)9/h4-9H,3,10H2,1-2H3. The normalized spacial score (nSPS) is 19.7. The first-order valence-electron chi connectivity index (χ1n) is 3.62. The van der Waals surface area contributed by atoms with Crippen LogP contribution >= 0.6 is 9.12 Å². The SMILES string of the molecule is CC(O)C(BP)C(C)CO. The van der Waals surface area contributed by atoms with Crippen molar-refractivity contribution in [3.8, 4) is 0 Å². The molecule has 0 heterocycles. The van der Waals surface area contributed by atoms with Crippen molar-refractivity contribution in [1.29, 1.82) is 0 Å². The summed E-state index contributed by atoms with van der Waals surface area (Å²) in [7, 11) is 2.59. The van der Waals surface area contributed by atoms with Crippen LogP contribution in [0.25, 0.3) is 0 Å². The Kier molecular flexibility index (Phi) is 5.33. The molecule has 0 aromatic heterocycles. The van der Waals surface area contributed by atoms with Gasteiger partial charge in [-0.1, -0.05) is 6.92 Å². The largest absolute Gasteiger partial charge is 0.396 e. The fourth-order valence-electron chi connectivity index (χ4n) is 1.04. The molecule has 4 unspecified atom stereocenters. The minimum atomic E-state index is -0.320. The van der Waals surface area contributed by atoms with E-state index in [1.54, 1.807) is 6.92 Å². The van der Waals surface area contributed by atoms with E-state index >= 15 is 0 Å². The van der Waals surface area contributed by atoms with E-state index in [1.807, 2.05) is 6.92 Å². The molecule has 0 fully saturated rings. The Hall–Kier alpha value is 0.415. The summed E-state index contributed by atoms with van der Waals surface area (Å²) in [6, 6.07) is 0. The Bertz CT molecular complexity index is 89.8. The summed E-state index contributed by atoms with van der Waals surface area (Å²) in [6.45, 7) is 4.71. The van der Waals surface area contributed by atoms with Crippen LogP contribution in [-0.4, -0.2) is 29.9 Å². The van der Waals surface area contributed by atoms with Crippen LogP contribution in [0.1, 0.15) is 13.8 Å². The van der Waals surface area contributed by atoms with Crippen LogP contribution < -0.4 is 0 Å². The first-order chi connectivity index (χ1) is 4.63. The van der Waals surface area contributed by atoms with Gasteiger partial charge in [-0.15, -0.1) is 0 Å². The summed E-state index contributed by atoms with van der Waals surface area (Å²) in [6.07, 6.45) is -0.320.